The Kier molecular flexibility index (Phi) is 4.68. The SMILES string of the molecule is CNc1nc2[nH]c(-c3cccc(CCNC(C)=O)n3)cc2c2c1CN=CN2C. The molecule has 4 heterocycles. The van der Waals surface area contributed by atoms with Gasteiger partial charge in [0, 0.05) is 50.6 Å². The third kappa shape index (κ3) is 3.28. The normalized spacial score (nSPS) is 12.9. The maximum atomic E-state index is 11.1. The predicted molar refractivity (Wildman–Crippen MR) is 112 cm³/mol. The van der Waals surface area contributed by atoms with E-state index in [1.807, 2.05) is 43.5 Å². The molecule has 8 nitrogen and oxygen atoms in total. The Morgan fingerprint density at radius 1 is 1.32 bits per heavy atom. The molecule has 1 aliphatic rings. The van der Waals surface area contributed by atoms with Crippen LogP contribution in [0.3, 0.4) is 0 Å². The number of carbonyl (C=O) groups is 1. The highest BCUT2D eigenvalue weighted by Crippen LogP contribution is 2.37. The fourth-order valence-corrected chi connectivity index (χ4v) is 3.51. The Morgan fingerprint density at radius 2 is 2.18 bits per heavy atom. The minimum Gasteiger partial charge on any atom is -0.373 e. The molecule has 0 bridgehead atoms. The number of aromatic nitrogens is 3. The average Bonchev–Trinajstić information content (AvgIpc) is 3.11. The Hall–Kier alpha value is -3.42. The Labute approximate surface area is 163 Å². The predicted octanol–water partition coefficient (Wildman–Crippen LogP) is 2.32. The van der Waals surface area contributed by atoms with Gasteiger partial charge in [0.2, 0.25) is 5.91 Å². The molecule has 0 radical (unpaired) electrons. The summed E-state index contributed by atoms with van der Waals surface area (Å²) in [7, 11) is 3.87. The zero-order valence-electron chi connectivity index (χ0n) is 16.2. The molecule has 0 unspecified atom stereocenters. The van der Waals surface area contributed by atoms with Gasteiger partial charge >= 0.3 is 0 Å². The van der Waals surface area contributed by atoms with Crippen molar-refractivity contribution in [1.29, 1.82) is 0 Å². The Bertz CT molecular complexity index is 1070. The molecule has 0 aliphatic carbocycles. The lowest BCUT2D eigenvalue weighted by Gasteiger charge is -2.23. The van der Waals surface area contributed by atoms with Crippen LogP contribution in [0.4, 0.5) is 11.5 Å². The summed E-state index contributed by atoms with van der Waals surface area (Å²) in [6, 6.07) is 8.02. The number of fused-ring (bicyclic) bond motifs is 3. The number of carbonyl (C=O) groups excluding carboxylic acids is 1. The zero-order valence-corrected chi connectivity index (χ0v) is 16.2. The molecule has 144 valence electrons. The summed E-state index contributed by atoms with van der Waals surface area (Å²) in [5.41, 5.74) is 5.70. The fraction of sp³-hybridized carbons (Fsp3) is 0.300. The standard InChI is InChI=1S/C20H23N7O/c1-12(28)23-8-7-13-5-4-6-16(24-13)17-9-14-18-15(10-22-11-27(18)3)19(21-2)26-20(14)25-17/h4-6,9,11H,7-8,10H2,1-3H3,(H,23,28)(H2,21,25,26). The molecule has 0 aromatic carbocycles. The van der Waals surface area contributed by atoms with E-state index in [2.05, 4.69) is 26.7 Å². The van der Waals surface area contributed by atoms with Crippen LogP contribution in [0.1, 0.15) is 18.2 Å². The van der Waals surface area contributed by atoms with Crippen LogP contribution in [0.5, 0.6) is 0 Å². The van der Waals surface area contributed by atoms with Crippen molar-refractivity contribution in [2.75, 3.05) is 30.9 Å². The number of nitrogens with one attached hydrogen (secondary N) is 3. The van der Waals surface area contributed by atoms with E-state index in [9.17, 15) is 4.79 Å². The van der Waals surface area contributed by atoms with E-state index in [0.717, 1.165) is 45.2 Å². The number of H-pyrrole nitrogens is 1. The van der Waals surface area contributed by atoms with Gasteiger partial charge in [-0.25, -0.2) is 4.98 Å². The molecule has 1 aliphatic heterocycles. The second-order valence-corrected chi connectivity index (χ2v) is 6.80. The summed E-state index contributed by atoms with van der Waals surface area (Å²) in [6.45, 7) is 2.70. The molecule has 8 heteroatoms. The number of aromatic amines is 1. The first-order valence-corrected chi connectivity index (χ1v) is 9.23. The van der Waals surface area contributed by atoms with Gasteiger partial charge in [0.1, 0.15) is 11.5 Å². The highest BCUT2D eigenvalue weighted by molar-refractivity contribution is 6.02. The topological polar surface area (TPSA) is 98.3 Å². The zero-order chi connectivity index (χ0) is 19.7. The number of rotatable bonds is 5. The lowest BCUT2D eigenvalue weighted by Crippen LogP contribution is -2.22. The van der Waals surface area contributed by atoms with Gasteiger partial charge in [0.05, 0.1) is 30.0 Å². The summed E-state index contributed by atoms with van der Waals surface area (Å²) < 4.78 is 0. The lowest BCUT2D eigenvalue weighted by molar-refractivity contribution is -0.118. The molecular formula is C20H23N7O. The van der Waals surface area contributed by atoms with Crippen LogP contribution in [-0.2, 0) is 17.8 Å². The maximum Gasteiger partial charge on any atom is 0.216 e. The molecule has 28 heavy (non-hydrogen) atoms. The van der Waals surface area contributed by atoms with E-state index in [-0.39, 0.29) is 5.91 Å². The quantitative estimate of drug-likeness (QED) is 0.634. The molecule has 0 spiro atoms. The molecule has 0 saturated carbocycles. The second-order valence-electron chi connectivity index (χ2n) is 6.80. The van der Waals surface area contributed by atoms with Crippen LogP contribution in [-0.4, -0.2) is 47.8 Å². The van der Waals surface area contributed by atoms with E-state index in [1.54, 1.807) is 0 Å². The summed E-state index contributed by atoms with van der Waals surface area (Å²) in [6.07, 6.45) is 2.53. The van der Waals surface area contributed by atoms with E-state index in [0.29, 0.717) is 19.5 Å². The van der Waals surface area contributed by atoms with Crippen LogP contribution in [0.25, 0.3) is 22.4 Å². The van der Waals surface area contributed by atoms with Gasteiger partial charge in [-0.2, -0.15) is 0 Å². The van der Waals surface area contributed by atoms with E-state index >= 15 is 0 Å². The van der Waals surface area contributed by atoms with Crippen molar-refractivity contribution in [3.05, 3.63) is 35.5 Å². The van der Waals surface area contributed by atoms with Crippen molar-refractivity contribution in [3.63, 3.8) is 0 Å². The average molecular weight is 377 g/mol. The highest BCUT2D eigenvalue weighted by Gasteiger charge is 2.21. The van der Waals surface area contributed by atoms with Crippen molar-refractivity contribution in [2.24, 2.45) is 4.99 Å². The first-order chi connectivity index (χ1) is 13.6. The third-order valence-electron chi connectivity index (χ3n) is 4.78. The number of pyridine rings is 2. The molecule has 4 rings (SSSR count). The number of aliphatic imine (C=N–C) groups is 1. The smallest absolute Gasteiger partial charge is 0.216 e. The number of hydrogen-bond donors (Lipinski definition) is 3. The van der Waals surface area contributed by atoms with Gasteiger partial charge in [-0.1, -0.05) is 6.07 Å². The van der Waals surface area contributed by atoms with Gasteiger partial charge in [0.15, 0.2) is 0 Å². The number of amides is 1. The molecule has 0 fully saturated rings. The van der Waals surface area contributed by atoms with Crippen molar-refractivity contribution >= 4 is 34.8 Å². The molecule has 3 N–H and O–H groups in total. The number of nitrogens with zero attached hydrogens (tertiary/aromatic N) is 4. The van der Waals surface area contributed by atoms with Crippen molar-refractivity contribution < 1.29 is 4.79 Å². The van der Waals surface area contributed by atoms with Gasteiger partial charge < -0.3 is 20.5 Å². The van der Waals surface area contributed by atoms with Gasteiger partial charge in [-0.15, -0.1) is 0 Å². The van der Waals surface area contributed by atoms with E-state index < -0.39 is 0 Å². The molecule has 0 saturated heterocycles. The van der Waals surface area contributed by atoms with Gasteiger partial charge in [-0.05, 0) is 18.2 Å². The number of anilines is 2. The van der Waals surface area contributed by atoms with Crippen molar-refractivity contribution in [1.82, 2.24) is 20.3 Å². The summed E-state index contributed by atoms with van der Waals surface area (Å²) in [4.78, 5) is 30.4. The fourth-order valence-electron chi connectivity index (χ4n) is 3.51. The van der Waals surface area contributed by atoms with Crippen molar-refractivity contribution in [2.45, 2.75) is 19.9 Å². The maximum absolute atomic E-state index is 11.1. The van der Waals surface area contributed by atoms with Crippen molar-refractivity contribution in [3.8, 4) is 11.4 Å². The monoisotopic (exact) mass is 377 g/mol. The largest absolute Gasteiger partial charge is 0.373 e. The summed E-state index contributed by atoms with van der Waals surface area (Å²) >= 11 is 0. The van der Waals surface area contributed by atoms with Crippen LogP contribution in [0, 0.1) is 0 Å². The molecular weight excluding hydrogens is 354 g/mol. The van der Waals surface area contributed by atoms with Crippen LogP contribution < -0.4 is 15.5 Å². The first kappa shape index (κ1) is 18.0. The molecule has 3 aromatic rings. The minimum absolute atomic E-state index is 0.0318. The minimum atomic E-state index is -0.0318. The van der Waals surface area contributed by atoms with Gasteiger partial charge in [0.25, 0.3) is 0 Å². The van der Waals surface area contributed by atoms with Crippen LogP contribution in [0.2, 0.25) is 0 Å². The Balaban J connectivity index is 1.73. The summed E-state index contributed by atoms with van der Waals surface area (Å²) in [5.74, 6) is 0.798. The first-order valence-electron chi connectivity index (χ1n) is 9.23. The van der Waals surface area contributed by atoms with E-state index in [1.165, 1.54) is 6.92 Å². The van der Waals surface area contributed by atoms with Crippen LogP contribution >= 0.6 is 0 Å². The molecule has 0 atom stereocenters. The number of hydrogen-bond acceptors (Lipinski definition) is 6. The highest BCUT2D eigenvalue weighted by atomic mass is 16.1. The van der Waals surface area contributed by atoms with Gasteiger partial charge in [-0.3, -0.25) is 14.8 Å². The lowest BCUT2D eigenvalue weighted by atomic mass is 10.1. The third-order valence-corrected chi connectivity index (χ3v) is 4.78. The second kappa shape index (κ2) is 7.30. The van der Waals surface area contributed by atoms with E-state index in [4.69, 9.17) is 9.97 Å². The molecule has 1 amide bonds. The Morgan fingerprint density at radius 3 is 2.96 bits per heavy atom. The van der Waals surface area contributed by atoms with Crippen LogP contribution in [0.15, 0.2) is 29.3 Å². The molecule has 3 aromatic heterocycles. The summed E-state index contributed by atoms with van der Waals surface area (Å²) in [5, 5.41) is 7.03.